The van der Waals surface area contributed by atoms with Crippen molar-refractivity contribution < 1.29 is 82.9 Å². The van der Waals surface area contributed by atoms with Gasteiger partial charge >= 0.3 is 29.8 Å². The predicted molar refractivity (Wildman–Crippen MR) is 256 cm³/mol. The van der Waals surface area contributed by atoms with Crippen LogP contribution in [0.4, 0.5) is 27.6 Å². The second-order valence-electron chi connectivity index (χ2n) is 22.2. The van der Waals surface area contributed by atoms with Gasteiger partial charge in [0.05, 0.1) is 23.8 Å². The van der Waals surface area contributed by atoms with Crippen molar-refractivity contribution in [1.29, 1.82) is 0 Å². The standard InChI is InChI=1S/C46H73N5O11Si.CHF3O3S/c1-17-22-56-40(54)48-62-46(14,38(52)58-42(2,3)4)37-21-19-33-23-32(18-20-36(33)57-37)34-28-50(27-31-25-49(26-31)41(55)60-44(8,9)10)51(29-34)30-35(61-63(15,16)45(11,12)13)24-47-39(53)59-43(5,6)7;2-1(3,4)8(5,6)7/h17-18,20,23,28-29,31,35,37H,1,19,21-22,24-27,30H2,2-16H3,(H-,47,48,53,54);(H,5,6,7)/t35-,37+,46-;/m0./s1. The number of rotatable bonds is 15. The molecule has 2 N–H and O–H groups in total. The molecule has 2 aliphatic rings. The van der Waals surface area contributed by atoms with Crippen molar-refractivity contribution in [2.24, 2.45) is 5.92 Å². The number of hydrogen-bond donors (Lipinski definition) is 2. The smallest absolute Gasteiger partial charge is 0.485 e. The number of alkyl halides is 3. The molecule has 3 amide bonds. The van der Waals surface area contributed by atoms with Crippen LogP contribution in [0.5, 0.6) is 5.75 Å². The van der Waals surface area contributed by atoms with Crippen molar-refractivity contribution in [3.63, 3.8) is 0 Å². The summed E-state index contributed by atoms with van der Waals surface area (Å²) in [6, 6.07) is 5.91. The molecule has 71 heavy (non-hydrogen) atoms. The lowest BCUT2D eigenvalue weighted by molar-refractivity contribution is -0.782. The van der Waals surface area contributed by atoms with E-state index in [1.54, 1.807) is 25.7 Å². The number of likely N-dealkylation sites (tertiary alicyclic amines) is 1. The first-order chi connectivity index (χ1) is 32.1. The van der Waals surface area contributed by atoms with Crippen molar-refractivity contribution in [1.82, 2.24) is 20.4 Å². The lowest BCUT2D eigenvalue weighted by Gasteiger charge is -2.39. The van der Waals surface area contributed by atoms with Crippen molar-refractivity contribution in [2.45, 2.75) is 174 Å². The van der Waals surface area contributed by atoms with Gasteiger partial charge in [0.25, 0.3) is 0 Å². The zero-order chi connectivity index (χ0) is 54.3. The number of fused-ring (bicyclic) bond motifs is 1. The Bertz CT molecular complexity index is 2310. The molecule has 1 aromatic carbocycles. The van der Waals surface area contributed by atoms with Gasteiger partial charge in [-0.15, -0.1) is 4.68 Å². The molecular formula is C47H74F3N5O14SSi. The van der Waals surface area contributed by atoms with E-state index in [2.05, 4.69) is 79.1 Å². The third-order valence-electron chi connectivity index (χ3n) is 11.2. The van der Waals surface area contributed by atoms with E-state index in [0.29, 0.717) is 44.8 Å². The minimum atomic E-state index is -6.09. The van der Waals surface area contributed by atoms with Gasteiger partial charge in [-0.3, -0.25) is 0 Å². The van der Waals surface area contributed by atoms with Gasteiger partial charge in [0, 0.05) is 19.6 Å². The number of benzene rings is 1. The first kappa shape index (κ1) is 60.4. The molecule has 0 bridgehead atoms. The van der Waals surface area contributed by atoms with Crippen LogP contribution in [0, 0.1) is 5.92 Å². The molecule has 1 saturated heterocycles. The zero-order valence-electron chi connectivity index (χ0n) is 43.7. The topological polar surface area (TPSA) is 226 Å². The maximum absolute atomic E-state index is 13.6. The molecule has 19 nitrogen and oxygen atoms in total. The van der Waals surface area contributed by atoms with E-state index < -0.39 is 76.7 Å². The Morgan fingerprint density at radius 1 is 0.915 bits per heavy atom. The molecule has 402 valence electrons. The fourth-order valence-electron chi connectivity index (χ4n) is 6.74. The van der Waals surface area contributed by atoms with Gasteiger partial charge < -0.3 is 42.9 Å². The summed E-state index contributed by atoms with van der Waals surface area (Å²) in [4.78, 5) is 59.1. The Labute approximate surface area is 416 Å². The number of hydroxylamine groups is 1. The third kappa shape index (κ3) is 18.6. The summed E-state index contributed by atoms with van der Waals surface area (Å²) in [7, 11) is -8.40. The second-order valence-corrected chi connectivity index (χ2v) is 28.3. The Morgan fingerprint density at radius 3 is 2.01 bits per heavy atom. The van der Waals surface area contributed by atoms with Crippen LogP contribution < -0.4 is 20.2 Å². The molecule has 0 unspecified atom stereocenters. The molecule has 1 aromatic heterocycles. The fraction of sp³-hybridized carbons (Fsp3) is 0.681. The van der Waals surface area contributed by atoms with Crippen LogP contribution in [0.1, 0.15) is 102 Å². The largest absolute Gasteiger partial charge is 0.741 e. The summed E-state index contributed by atoms with van der Waals surface area (Å²) < 4.78 is 98.5. The Hall–Kier alpha value is -4.91. The van der Waals surface area contributed by atoms with Gasteiger partial charge in [0.1, 0.15) is 41.8 Å². The van der Waals surface area contributed by atoms with Crippen LogP contribution in [-0.4, -0.2) is 121 Å². The van der Waals surface area contributed by atoms with E-state index in [9.17, 15) is 32.3 Å². The highest BCUT2D eigenvalue weighted by atomic mass is 32.2. The zero-order valence-corrected chi connectivity index (χ0v) is 45.5. The van der Waals surface area contributed by atoms with Crippen LogP contribution in [0.2, 0.25) is 18.1 Å². The first-order valence-corrected chi connectivity index (χ1v) is 27.4. The van der Waals surface area contributed by atoms with Gasteiger partial charge in [0.2, 0.25) is 11.8 Å². The molecule has 3 heterocycles. The molecule has 0 saturated carbocycles. The summed E-state index contributed by atoms with van der Waals surface area (Å²) in [5.41, 5.74) is -4.40. The van der Waals surface area contributed by atoms with Gasteiger partial charge in [-0.25, -0.2) is 32.4 Å². The van der Waals surface area contributed by atoms with Crippen LogP contribution in [0.3, 0.4) is 0 Å². The quantitative estimate of drug-likeness (QED) is 0.0253. The van der Waals surface area contributed by atoms with Gasteiger partial charge in [-0.05, 0) is 123 Å². The number of nitrogens with zero attached hydrogens (tertiary/aromatic N) is 3. The Balaban J connectivity index is 0.00000153. The number of nitrogens with one attached hydrogen (secondary N) is 2. The number of carbonyl (C=O) groups is 4. The number of carbonyl (C=O) groups excluding carboxylic acids is 4. The Morgan fingerprint density at radius 2 is 1.49 bits per heavy atom. The summed E-state index contributed by atoms with van der Waals surface area (Å²) in [6.07, 6.45) is 3.59. The number of aryl methyl sites for hydroxylation is 1. The average Bonchev–Trinajstić information content (AvgIpc) is 3.57. The summed E-state index contributed by atoms with van der Waals surface area (Å²) in [5, 5.41) is 2.87. The number of ether oxygens (including phenoxy) is 5. The van der Waals surface area contributed by atoms with E-state index in [-0.39, 0.29) is 30.2 Å². The van der Waals surface area contributed by atoms with Crippen LogP contribution >= 0.6 is 0 Å². The van der Waals surface area contributed by atoms with Crippen molar-refractivity contribution >= 4 is 42.7 Å². The molecule has 24 heteroatoms. The number of amides is 3. The van der Waals surface area contributed by atoms with Crippen molar-refractivity contribution in [2.75, 3.05) is 26.2 Å². The number of halogens is 3. The predicted octanol–water partition coefficient (Wildman–Crippen LogP) is 7.91. The minimum absolute atomic E-state index is 0.0404. The number of aromatic nitrogens is 2. The Kier molecular flexibility index (Phi) is 19.5. The molecule has 0 radical (unpaired) electrons. The van der Waals surface area contributed by atoms with Crippen molar-refractivity contribution in [3.05, 3.63) is 48.8 Å². The van der Waals surface area contributed by atoms with Crippen molar-refractivity contribution in [3.8, 4) is 16.9 Å². The second kappa shape index (κ2) is 22.9. The average molecular weight is 1050 g/mol. The van der Waals surface area contributed by atoms with Gasteiger partial charge in [0.15, 0.2) is 25.0 Å². The lowest BCUT2D eigenvalue weighted by Crippen LogP contribution is -2.58. The minimum Gasteiger partial charge on any atom is -0.741 e. The van der Waals surface area contributed by atoms with Gasteiger partial charge in [-0.1, -0.05) is 39.5 Å². The van der Waals surface area contributed by atoms with E-state index in [1.165, 1.54) is 13.0 Å². The monoisotopic (exact) mass is 1050 g/mol. The summed E-state index contributed by atoms with van der Waals surface area (Å²) in [6.45, 7) is 34.7. The molecule has 4 rings (SSSR count). The maximum atomic E-state index is 13.6. The number of alkyl carbamates (subject to hydrolysis) is 1. The fourth-order valence-corrected chi connectivity index (χ4v) is 8.08. The molecule has 2 aliphatic heterocycles. The normalized spacial score (nSPS) is 17.1. The molecule has 0 aliphatic carbocycles. The van der Waals surface area contributed by atoms with Crippen LogP contribution in [-0.2, 0) is 62.6 Å². The molecule has 3 atom stereocenters. The maximum Gasteiger partial charge on any atom is 0.485 e. The molecule has 1 fully saturated rings. The van der Waals surface area contributed by atoms with E-state index in [1.807, 2.05) is 53.7 Å². The highest BCUT2D eigenvalue weighted by molar-refractivity contribution is 7.86. The van der Waals surface area contributed by atoms with Crippen LogP contribution in [0.25, 0.3) is 11.1 Å². The van der Waals surface area contributed by atoms with E-state index >= 15 is 0 Å². The van der Waals surface area contributed by atoms with E-state index in [0.717, 1.165) is 16.7 Å². The van der Waals surface area contributed by atoms with Gasteiger partial charge in [-0.2, -0.15) is 23.3 Å². The SMILES string of the molecule is C=CCOC(=O)NO[C@](C)(C(=O)OC(C)(C)C)[C@H]1CCc2cc(-c3cn(C[C@H](CNC(=O)OC(C)(C)C)O[Si](C)(C)C(C)(C)C)[n+](CC4CN(C(=O)OC(C)(C)C)C4)c3)ccc2O1.O=S(=O)([O-])C(F)(F)F. The third-order valence-corrected chi connectivity index (χ3v) is 16.3. The lowest BCUT2D eigenvalue weighted by atomic mass is 9.89. The van der Waals surface area contributed by atoms with Crippen LogP contribution in [0.15, 0.2) is 43.2 Å². The molecule has 2 aromatic rings. The molecule has 0 spiro atoms. The molecular weight excluding hydrogens is 976 g/mol. The summed E-state index contributed by atoms with van der Waals surface area (Å²) in [5.74, 6) is 0.0489. The highest BCUT2D eigenvalue weighted by Crippen LogP contribution is 2.39. The van der Waals surface area contributed by atoms with E-state index in [4.69, 9.17) is 45.9 Å². The first-order valence-electron chi connectivity index (χ1n) is 23.1. The number of esters is 1. The summed E-state index contributed by atoms with van der Waals surface area (Å²) >= 11 is 0. The number of hydrogen-bond acceptors (Lipinski definition) is 14. The highest BCUT2D eigenvalue weighted by Gasteiger charge is 2.50.